The molecule has 1 saturated heterocycles. The van der Waals surface area contributed by atoms with Gasteiger partial charge in [0.25, 0.3) is 5.91 Å². The maximum Gasteiger partial charge on any atom is 0.266 e. The molecule has 1 atom stereocenters. The van der Waals surface area contributed by atoms with E-state index in [4.69, 9.17) is 9.57 Å². The second-order valence-electron chi connectivity index (χ2n) is 8.10. The van der Waals surface area contributed by atoms with E-state index in [1.165, 1.54) is 23.1 Å². The summed E-state index contributed by atoms with van der Waals surface area (Å²) in [5, 5.41) is 5.21. The molecule has 0 spiro atoms. The molecule has 0 bridgehead atoms. The number of halogens is 1. The molecule has 0 aliphatic carbocycles. The lowest BCUT2D eigenvalue weighted by molar-refractivity contribution is -0.143. The minimum Gasteiger partial charge on any atom is -0.497 e. The fourth-order valence-electron chi connectivity index (χ4n) is 4.55. The number of piperidine rings is 1. The van der Waals surface area contributed by atoms with Crippen molar-refractivity contribution in [3.63, 3.8) is 0 Å². The number of carbonyl (C=O) groups excluding carboxylic acids is 1. The quantitative estimate of drug-likeness (QED) is 0.686. The highest BCUT2D eigenvalue weighted by Crippen LogP contribution is 2.35. The van der Waals surface area contributed by atoms with Gasteiger partial charge in [0.1, 0.15) is 11.6 Å². The lowest BCUT2D eigenvalue weighted by Gasteiger charge is -2.33. The Morgan fingerprint density at radius 1 is 1.23 bits per heavy atom. The number of carbonyl (C=O) groups is 1. The Labute approximate surface area is 179 Å². The highest BCUT2D eigenvalue weighted by molar-refractivity contribution is 6.04. The van der Waals surface area contributed by atoms with Crippen LogP contribution in [0.15, 0.2) is 53.8 Å². The fraction of sp³-hybridized carbons (Fsp3) is 0.333. The molecule has 1 aromatic heterocycles. The number of methoxy groups -OCH3 is 1. The summed E-state index contributed by atoms with van der Waals surface area (Å²) >= 11 is 0. The van der Waals surface area contributed by atoms with Crippen LogP contribution in [0.4, 0.5) is 4.39 Å². The molecule has 5 rings (SSSR count). The Morgan fingerprint density at radius 2 is 2.06 bits per heavy atom. The zero-order chi connectivity index (χ0) is 21.4. The predicted molar refractivity (Wildman–Crippen MR) is 116 cm³/mol. The van der Waals surface area contributed by atoms with E-state index >= 15 is 0 Å². The highest BCUT2D eigenvalue weighted by Gasteiger charge is 2.34. The zero-order valence-electron chi connectivity index (χ0n) is 17.3. The first-order chi connectivity index (χ1) is 15.1. The third-order valence-electron chi connectivity index (χ3n) is 6.27. The summed E-state index contributed by atoms with van der Waals surface area (Å²) in [6.45, 7) is 1.35. The molecule has 1 fully saturated rings. The number of hydrogen-bond donors (Lipinski definition) is 1. The number of benzene rings is 2. The van der Waals surface area contributed by atoms with Gasteiger partial charge in [0.15, 0.2) is 0 Å². The molecule has 7 heteroatoms. The van der Waals surface area contributed by atoms with Gasteiger partial charge in [0, 0.05) is 42.2 Å². The lowest BCUT2D eigenvalue weighted by atomic mass is 9.89. The summed E-state index contributed by atoms with van der Waals surface area (Å²) in [6.07, 6.45) is 3.59. The van der Waals surface area contributed by atoms with Crippen molar-refractivity contribution in [2.24, 2.45) is 5.16 Å². The molecule has 3 heterocycles. The van der Waals surface area contributed by atoms with Crippen molar-refractivity contribution in [3.05, 3.63) is 65.6 Å². The molecule has 2 aromatic carbocycles. The maximum absolute atomic E-state index is 13.5. The smallest absolute Gasteiger partial charge is 0.266 e. The molecular weight excluding hydrogens is 397 g/mol. The van der Waals surface area contributed by atoms with E-state index in [1.807, 2.05) is 17.0 Å². The number of oxime groups is 1. The van der Waals surface area contributed by atoms with Crippen molar-refractivity contribution < 1.29 is 18.8 Å². The number of H-pyrrole nitrogens is 1. The van der Waals surface area contributed by atoms with Crippen molar-refractivity contribution in [3.8, 4) is 5.75 Å². The number of nitrogens with one attached hydrogen (secondary N) is 1. The van der Waals surface area contributed by atoms with Crippen LogP contribution in [0.25, 0.3) is 10.9 Å². The standard InChI is InChI=1S/C24H24FN3O3/c1-30-18-5-6-21-19(12-18)20(14-26-21)15-7-9-28(10-8-15)24(29)23-13-22(27-31-23)16-3-2-4-17(25)11-16/h2-6,11-12,14-15,23,26H,7-10,13H2,1H3. The Hall–Kier alpha value is -3.35. The summed E-state index contributed by atoms with van der Waals surface area (Å²) in [4.78, 5) is 23.6. The largest absolute Gasteiger partial charge is 0.497 e. The van der Waals surface area contributed by atoms with Crippen molar-refractivity contribution >= 4 is 22.5 Å². The molecule has 6 nitrogen and oxygen atoms in total. The van der Waals surface area contributed by atoms with Crippen molar-refractivity contribution in [2.75, 3.05) is 20.2 Å². The van der Waals surface area contributed by atoms with Crippen molar-refractivity contribution in [2.45, 2.75) is 31.3 Å². The van der Waals surface area contributed by atoms with Crippen LogP contribution in [-0.2, 0) is 9.63 Å². The van der Waals surface area contributed by atoms with Crippen LogP contribution in [0, 0.1) is 5.82 Å². The molecule has 2 aliphatic heterocycles. The van der Waals surface area contributed by atoms with Crippen LogP contribution in [-0.4, -0.2) is 47.8 Å². The van der Waals surface area contributed by atoms with E-state index < -0.39 is 6.10 Å². The first kappa shape index (κ1) is 19.6. The van der Waals surface area contributed by atoms with Crippen LogP contribution in [0.2, 0.25) is 0 Å². The minimum atomic E-state index is -0.632. The van der Waals surface area contributed by atoms with Crippen LogP contribution in [0.5, 0.6) is 5.75 Å². The van der Waals surface area contributed by atoms with Gasteiger partial charge >= 0.3 is 0 Å². The van der Waals surface area contributed by atoms with E-state index in [0.717, 1.165) is 24.1 Å². The summed E-state index contributed by atoms with van der Waals surface area (Å²) < 4.78 is 18.9. The first-order valence-corrected chi connectivity index (χ1v) is 10.5. The summed E-state index contributed by atoms with van der Waals surface area (Å²) in [5.41, 5.74) is 3.63. The monoisotopic (exact) mass is 421 g/mol. The average Bonchev–Trinajstić information content (AvgIpc) is 3.46. The fourth-order valence-corrected chi connectivity index (χ4v) is 4.55. The average molecular weight is 421 g/mol. The molecule has 1 amide bonds. The number of amides is 1. The number of rotatable bonds is 4. The van der Waals surface area contributed by atoms with Gasteiger partial charge < -0.3 is 19.5 Å². The maximum atomic E-state index is 13.5. The molecule has 0 radical (unpaired) electrons. The first-order valence-electron chi connectivity index (χ1n) is 10.5. The molecule has 2 aliphatic rings. The third kappa shape index (κ3) is 3.76. The topological polar surface area (TPSA) is 66.9 Å². The van der Waals surface area contributed by atoms with Gasteiger partial charge in [-0.3, -0.25) is 4.79 Å². The van der Waals surface area contributed by atoms with Crippen LogP contribution >= 0.6 is 0 Å². The van der Waals surface area contributed by atoms with Gasteiger partial charge in [-0.2, -0.15) is 0 Å². The van der Waals surface area contributed by atoms with E-state index in [1.54, 1.807) is 19.2 Å². The Bertz CT molecular complexity index is 1150. The SMILES string of the molecule is COc1ccc2[nH]cc(C3CCN(C(=O)C4CC(c5cccc(F)c5)=NO4)CC3)c2c1. The Kier molecular flexibility index (Phi) is 5.10. The number of aromatic amines is 1. The number of hydrogen-bond acceptors (Lipinski definition) is 4. The van der Waals surface area contributed by atoms with Crippen molar-refractivity contribution in [1.29, 1.82) is 0 Å². The van der Waals surface area contributed by atoms with Crippen LogP contribution < -0.4 is 4.74 Å². The lowest BCUT2D eigenvalue weighted by Crippen LogP contribution is -2.43. The summed E-state index contributed by atoms with van der Waals surface area (Å²) in [7, 11) is 1.67. The van der Waals surface area contributed by atoms with Crippen LogP contribution in [0.1, 0.15) is 36.3 Å². The van der Waals surface area contributed by atoms with E-state index in [0.29, 0.717) is 36.7 Å². The highest BCUT2D eigenvalue weighted by atomic mass is 19.1. The number of fused-ring (bicyclic) bond motifs is 1. The molecule has 3 aromatic rings. The van der Waals surface area contributed by atoms with Gasteiger partial charge in [-0.25, -0.2) is 4.39 Å². The third-order valence-corrected chi connectivity index (χ3v) is 6.27. The molecule has 1 N–H and O–H groups in total. The van der Waals surface area contributed by atoms with Gasteiger partial charge in [-0.1, -0.05) is 17.3 Å². The molecule has 0 saturated carbocycles. The zero-order valence-corrected chi connectivity index (χ0v) is 17.3. The van der Waals surface area contributed by atoms with Gasteiger partial charge in [0.2, 0.25) is 6.10 Å². The summed E-state index contributed by atoms with van der Waals surface area (Å²) in [5.74, 6) is 0.850. The van der Waals surface area contributed by atoms with E-state index in [-0.39, 0.29) is 11.7 Å². The van der Waals surface area contributed by atoms with E-state index in [2.05, 4.69) is 22.4 Å². The second kappa shape index (κ2) is 8.06. The summed E-state index contributed by atoms with van der Waals surface area (Å²) in [6, 6.07) is 12.3. The number of ether oxygens (including phenoxy) is 1. The number of aromatic nitrogens is 1. The van der Waals surface area contributed by atoms with Gasteiger partial charge in [-0.05, 0) is 54.7 Å². The Morgan fingerprint density at radius 3 is 2.84 bits per heavy atom. The molecule has 1 unspecified atom stereocenters. The normalized spacial score (nSPS) is 19.4. The number of nitrogens with zero attached hydrogens (tertiary/aromatic N) is 2. The van der Waals surface area contributed by atoms with Gasteiger partial charge in [-0.15, -0.1) is 0 Å². The van der Waals surface area contributed by atoms with Crippen LogP contribution in [0.3, 0.4) is 0 Å². The molecule has 160 valence electrons. The van der Waals surface area contributed by atoms with E-state index in [9.17, 15) is 9.18 Å². The predicted octanol–water partition coefficient (Wildman–Crippen LogP) is 4.21. The molecular formula is C24H24FN3O3. The second-order valence-corrected chi connectivity index (χ2v) is 8.10. The Balaban J connectivity index is 1.22. The minimum absolute atomic E-state index is 0.0470. The van der Waals surface area contributed by atoms with Gasteiger partial charge in [0.05, 0.1) is 12.8 Å². The molecule has 31 heavy (non-hydrogen) atoms. The number of likely N-dealkylation sites (tertiary alicyclic amines) is 1. The van der Waals surface area contributed by atoms with Crippen molar-refractivity contribution in [1.82, 2.24) is 9.88 Å².